The van der Waals surface area contributed by atoms with Gasteiger partial charge in [-0.05, 0) is 25.2 Å². The summed E-state index contributed by atoms with van der Waals surface area (Å²) < 4.78 is 2.02. The van der Waals surface area contributed by atoms with Gasteiger partial charge in [-0.1, -0.05) is 19.3 Å². The van der Waals surface area contributed by atoms with Crippen LogP contribution in [0.4, 0.5) is 0 Å². The number of rotatable bonds is 3. The normalized spacial score (nSPS) is 24.4. The minimum Gasteiger partial charge on any atom is -0.481 e. The van der Waals surface area contributed by atoms with Crippen molar-refractivity contribution in [1.82, 2.24) is 9.38 Å². The van der Waals surface area contributed by atoms with Gasteiger partial charge in [-0.25, -0.2) is 4.98 Å². The number of carbonyl (C=O) groups is 1. The SMILES string of the molecule is O=C(O)C1CCCCCC1Cc1cn2ccsc2n1. The van der Waals surface area contributed by atoms with Gasteiger partial charge in [0.15, 0.2) is 4.96 Å². The van der Waals surface area contributed by atoms with Crippen LogP contribution in [0, 0.1) is 11.8 Å². The van der Waals surface area contributed by atoms with Gasteiger partial charge in [0.25, 0.3) is 0 Å². The smallest absolute Gasteiger partial charge is 0.306 e. The summed E-state index contributed by atoms with van der Waals surface area (Å²) in [5.74, 6) is -0.584. The molecule has 102 valence electrons. The third-order valence-electron chi connectivity index (χ3n) is 4.09. The van der Waals surface area contributed by atoms with Crippen LogP contribution in [-0.2, 0) is 11.2 Å². The third-order valence-corrected chi connectivity index (χ3v) is 4.86. The number of nitrogens with zero attached hydrogens (tertiary/aromatic N) is 2. The second-order valence-electron chi connectivity index (χ2n) is 5.37. The van der Waals surface area contributed by atoms with Crippen LogP contribution < -0.4 is 0 Å². The molecule has 1 fully saturated rings. The van der Waals surface area contributed by atoms with Crippen molar-refractivity contribution in [3.8, 4) is 0 Å². The van der Waals surface area contributed by atoms with E-state index in [1.165, 1.54) is 6.42 Å². The van der Waals surface area contributed by atoms with Crippen LogP contribution in [0.3, 0.4) is 0 Å². The largest absolute Gasteiger partial charge is 0.481 e. The van der Waals surface area contributed by atoms with Gasteiger partial charge in [-0.15, -0.1) is 11.3 Å². The van der Waals surface area contributed by atoms with Gasteiger partial charge in [0.05, 0.1) is 11.6 Å². The van der Waals surface area contributed by atoms with Crippen molar-refractivity contribution in [1.29, 1.82) is 0 Å². The van der Waals surface area contributed by atoms with Crippen LogP contribution in [0.25, 0.3) is 4.96 Å². The fourth-order valence-electron chi connectivity index (χ4n) is 3.10. The molecule has 5 heteroatoms. The molecule has 0 radical (unpaired) electrons. The summed E-state index contributed by atoms with van der Waals surface area (Å²) >= 11 is 1.62. The summed E-state index contributed by atoms with van der Waals surface area (Å²) in [7, 11) is 0. The van der Waals surface area contributed by atoms with E-state index in [1.54, 1.807) is 11.3 Å². The molecule has 2 atom stereocenters. The number of carboxylic acid groups (broad SMARTS) is 1. The maximum atomic E-state index is 11.4. The Morgan fingerprint density at radius 1 is 1.42 bits per heavy atom. The van der Waals surface area contributed by atoms with E-state index in [2.05, 4.69) is 4.98 Å². The first-order chi connectivity index (χ1) is 9.24. The Morgan fingerprint density at radius 2 is 2.26 bits per heavy atom. The van der Waals surface area contributed by atoms with Crippen LogP contribution in [-0.4, -0.2) is 20.5 Å². The minimum absolute atomic E-state index is 0.192. The van der Waals surface area contributed by atoms with Crippen LogP contribution in [0.2, 0.25) is 0 Å². The molecule has 0 aromatic carbocycles. The Labute approximate surface area is 116 Å². The highest BCUT2D eigenvalue weighted by Gasteiger charge is 2.30. The highest BCUT2D eigenvalue weighted by molar-refractivity contribution is 7.15. The molecule has 1 saturated carbocycles. The first-order valence-electron chi connectivity index (χ1n) is 6.88. The van der Waals surface area contributed by atoms with E-state index >= 15 is 0 Å². The molecule has 1 aliphatic carbocycles. The zero-order chi connectivity index (χ0) is 13.2. The lowest BCUT2D eigenvalue weighted by atomic mass is 9.85. The Morgan fingerprint density at radius 3 is 3.05 bits per heavy atom. The molecule has 2 heterocycles. The molecule has 2 unspecified atom stereocenters. The molecule has 1 N–H and O–H groups in total. The van der Waals surface area contributed by atoms with Gasteiger partial charge in [-0.3, -0.25) is 9.20 Å². The standard InChI is InChI=1S/C14H18N2O2S/c17-13(18)12-5-3-1-2-4-10(12)8-11-9-16-6-7-19-14(16)15-11/h6-7,9-10,12H,1-5,8H2,(H,17,18). The van der Waals surface area contributed by atoms with Crippen molar-refractivity contribution in [2.24, 2.45) is 11.8 Å². The Bertz CT molecular complexity index is 546. The molecule has 2 aromatic heterocycles. The van der Waals surface area contributed by atoms with Gasteiger partial charge in [0, 0.05) is 17.8 Å². The number of thiazole rings is 1. The summed E-state index contributed by atoms with van der Waals surface area (Å²) in [5.41, 5.74) is 1.03. The molecule has 0 saturated heterocycles. The second-order valence-corrected chi connectivity index (χ2v) is 6.25. The highest BCUT2D eigenvalue weighted by Crippen LogP contribution is 2.31. The lowest BCUT2D eigenvalue weighted by Gasteiger charge is -2.20. The van der Waals surface area contributed by atoms with Gasteiger partial charge in [0.2, 0.25) is 0 Å². The van der Waals surface area contributed by atoms with E-state index in [4.69, 9.17) is 0 Å². The van der Waals surface area contributed by atoms with Gasteiger partial charge >= 0.3 is 5.97 Å². The topological polar surface area (TPSA) is 54.6 Å². The van der Waals surface area contributed by atoms with Crippen LogP contribution in [0.15, 0.2) is 17.8 Å². The molecular weight excluding hydrogens is 260 g/mol. The Hall–Kier alpha value is -1.36. The van der Waals surface area contributed by atoms with Crippen molar-refractivity contribution in [3.05, 3.63) is 23.5 Å². The summed E-state index contributed by atoms with van der Waals surface area (Å²) in [5, 5.41) is 11.4. The van der Waals surface area contributed by atoms with Gasteiger partial charge < -0.3 is 5.11 Å². The fourth-order valence-corrected chi connectivity index (χ4v) is 3.82. The molecule has 0 amide bonds. The molecular formula is C14H18N2O2S. The molecule has 1 aliphatic rings. The van der Waals surface area contributed by atoms with Crippen LogP contribution in [0.1, 0.15) is 37.8 Å². The molecule has 3 rings (SSSR count). The number of fused-ring (bicyclic) bond motifs is 1. The monoisotopic (exact) mass is 278 g/mol. The maximum absolute atomic E-state index is 11.4. The van der Waals surface area contributed by atoms with E-state index in [0.717, 1.165) is 42.8 Å². The summed E-state index contributed by atoms with van der Waals surface area (Å²) in [4.78, 5) is 17.0. The average Bonchev–Trinajstić information content (AvgIpc) is 2.84. The lowest BCUT2D eigenvalue weighted by Crippen LogP contribution is -2.24. The number of hydrogen-bond acceptors (Lipinski definition) is 3. The van der Waals surface area contributed by atoms with Crippen molar-refractivity contribution in [3.63, 3.8) is 0 Å². The first kappa shape index (κ1) is 12.7. The van der Waals surface area contributed by atoms with E-state index in [9.17, 15) is 9.90 Å². The maximum Gasteiger partial charge on any atom is 0.306 e. The van der Waals surface area contributed by atoms with Crippen molar-refractivity contribution in [2.75, 3.05) is 0 Å². The summed E-state index contributed by atoms with van der Waals surface area (Å²) in [6.07, 6.45) is 10.0. The van der Waals surface area contributed by atoms with E-state index in [1.807, 2.05) is 22.2 Å². The van der Waals surface area contributed by atoms with Gasteiger partial charge in [0.1, 0.15) is 0 Å². The van der Waals surface area contributed by atoms with Crippen LogP contribution in [0.5, 0.6) is 0 Å². The highest BCUT2D eigenvalue weighted by atomic mass is 32.1. The lowest BCUT2D eigenvalue weighted by molar-refractivity contribution is -0.143. The number of imidazole rings is 1. The predicted molar refractivity (Wildman–Crippen MR) is 74.5 cm³/mol. The van der Waals surface area contributed by atoms with E-state index < -0.39 is 5.97 Å². The number of aromatic nitrogens is 2. The Kier molecular flexibility index (Phi) is 3.55. The molecule has 19 heavy (non-hydrogen) atoms. The molecule has 0 spiro atoms. The minimum atomic E-state index is -0.632. The van der Waals surface area contributed by atoms with Crippen molar-refractivity contribution in [2.45, 2.75) is 38.5 Å². The number of hydrogen-bond donors (Lipinski definition) is 1. The fraction of sp³-hybridized carbons (Fsp3) is 0.571. The quantitative estimate of drug-likeness (QED) is 0.877. The van der Waals surface area contributed by atoms with Crippen LogP contribution >= 0.6 is 11.3 Å². The average molecular weight is 278 g/mol. The van der Waals surface area contributed by atoms with Crippen molar-refractivity contribution >= 4 is 22.3 Å². The molecule has 2 aromatic rings. The van der Waals surface area contributed by atoms with E-state index in [0.29, 0.717) is 0 Å². The summed E-state index contributed by atoms with van der Waals surface area (Å²) in [6.45, 7) is 0. The zero-order valence-corrected chi connectivity index (χ0v) is 11.6. The van der Waals surface area contributed by atoms with E-state index in [-0.39, 0.29) is 11.8 Å². The molecule has 0 bridgehead atoms. The predicted octanol–water partition coefficient (Wildman–Crippen LogP) is 3.22. The molecule has 4 nitrogen and oxygen atoms in total. The van der Waals surface area contributed by atoms with Gasteiger partial charge in [-0.2, -0.15) is 0 Å². The molecule has 0 aliphatic heterocycles. The zero-order valence-electron chi connectivity index (χ0n) is 10.8. The van der Waals surface area contributed by atoms with Crippen molar-refractivity contribution < 1.29 is 9.90 Å². The Balaban J connectivity index is 1.78. The first-order valence-corrected chi connectivity index (χ1v) is 7.76. The second kappa shape index (κ2) is 5.33. The number of aliphatic carboxylic acids is 1. The summed E-state index contributed by atoms with van der Waals surface area (Å²) in [6, 6.07) is 0. The third kappa shape index (κ3) is 2.66. The number of carboxylic acids is 1.